The molecular formula is C21H36FN7O. The van der Waals surface area contributed by atoms with Crippen LogP contribution in [0.15, 0.2) is 28.2 Å². The third-order valence-corrected chi connectivity index (χ3v) is 4.96. The van der Waals surface area contributed by atoms with Gasteiger partial charge in [-0.2, -0.15) is 4.99 Å². The number of hydrogen-bond acceptors (Lipinski definition) is 4. The highest BCUT2D eigenvalue weighted by atomic mass is 19.1. The van der Waals surface area contributed by atoms with E-state index in [0.717, 1.165) is 6.54 Å². The van der Waals surface area contributed by atoms with Crippen LogP contribution in [0.3, 0.4) is 0 Å². The molecule has 168 valence electrons. The van der Waals surface area contributed by atoms with Gasteiger partial charge in [0.2, 0.25) is 5.96 Å². The van der Waals surface area contributed by atoms with Gasteiger partial charge in [-0.05, 0) is 39.1 Å². The third-order valence-electron chi connectivity index (χ3n) is 4.96. The number of halogens is 1. The van der Waals surface area contributed by atoms with Gasteiger partial charge in [0, 0.05) is 30.9 Å². The van der Waals surface area contributed by atoms with Crippen molar-refractivity contribution in [1.29, 1.82) is 0 Å². The molecule has 0 aromatic heterocycles. The molecule has 0 bridgehead atoms. The van der Waals surface area contributed by atoms with Crippen LogP contribution in [0.1, 0.15) is 38.5 Å². The van der Waals surface area contributed by atoms with Crippen LogP contribution >= 0.6 is 0 Å². The second kappa shape index (κ2) is 13.0. The number of hydrogen-bond donors (Lipinski definition) is 4. The van der Waals surface area contributed by atoms with Crippen LogP contribution in [0.4, 0.5) is 10.1 Å². The molecule has 5 N–H and O–H groups in total. The standard InChI is InChI=1S/C21H36FN7O/c1-29(2)13-12-24-20(23)28-21(26-15-25-16-8-6-4-5-7-9-16)27-17-10-11-19(30-3)18(22)14-17/h10-11,14,16,25H,4-9,12-13,15H2,1-3H3,(H4,23,24,26,27,28). The maximum Gasteiger partial charge on any atom is 0.227 e. The molecule has 1 aromatic rings. The maximum atomic E-state index is 14.0. The summed E-state index contributed by atoms with van der Waals surface area (Å²) in [5.41, 5.74) is 6.53. The van der Waals surface area contributed by atoms with Crippen molar-refractivity contribution in [2.45, 2.75) is 44.6 Å². The van der Waals surface area contributed by atoms with Gasteiger partial charge in [0.15, 0.2) is 17.5 Å². The Morgan fingerprint density at radius 2 is 1.97 bits per heavy atom. The zero-order valence-corrected chi connectivity index (χ0v) is 18.4. The second-order valence-corrected chi connectivity index (χ2v) is 7.73. The predicted octanol–water partition coefficient (Wildman–Crippen LogP) is 2.34. The Kier molecular flexibility index (Phi) is 10.4. The topological polar surface area (TPSA) is 99.3 Å². The Morgan fingerprint density at radius 3 is 2.60 bits per heavy atom. The summed E-state index contributed by atoms with van der Waals surface area (Å²) in [6.45, 7) is 1.90. The molecule has 0 unspecified atom stereocenters. The molecule has 1 fully saturated rings. The fourth-order valence-corrected chi connectivity index (χ4v) is 3.27. The van der Waals surface area contributed by atoms with Crippen LogP contribution in [-0.2, 0) is 0 Å². The highest BCUT2D eigenvalue weighted by Gasteiger charge is 2.11. The van der Waals surface area contributed by atoms with Gasteiger partial charge in [-0.1, -0.05) is 25.7 Å². The molecule has 0 radical (unpaired) electrons. The number of anilines is 1. The van der Waals surface area contributed by atoms with E-state index in [2.05, 4.69) is 25.9 Å². The fourth-order valence-electron chi connectivity index (χ4n) is 3.27. The Morgan fingerprint density at radius 1 is 1.23 bits per heavy atom. The summed E-state index contributed by atoms with van der Waals surface area (Å²) in [5, 5.41) is 9.59. The highest BCUT2D eigenvalue weighted by Crippen LogP contribution is 2.21. The minimum atomic E-state index is -0.459. The van der Waals surface area contributed by atoms with E-state index in [1.54, 1.807) is 12.1 Å². The lowest BCUT2D eigenvalue weighted by Crippen LogP contribution is -2.37. The van der Waals surface area contributed by atoms with Gasteiger partial charge in [0.05, 0.1) is 13.8 Å². The second-order valence-electron chi connectivity index (χ2n) is 7.73. The number of aliphatic imine (C=N–C) groups is 2. The van der Waals surface area contributed by atoms with Crippen LogP contribution in [0.25, 0.3) is 0 Å². The smallest absolute Gasteiger partial charge is 0.227 e. The lowest BCUT2D eigenvalue weighted by molar-refractivity contribution is 0.386. The number of likely N-dealkylation sites (N-methyl/N-ethyl adjacent to an activating group) is 1. The first kappa shape index (κ1) is 23.9. The van der Waals surface area contributed by atoms with E-state index < -0.39 is 5.82 Å². The molecule has 0 saturated heterocycles. The van der Waals surface area contributed by atoms with E-state index >= 15 is 0 Å². The van der Waals surface area contributed by atoms with Crippen LogP contribution in [0.2, 0.25) is 0 Å². The molecule has 0 amide bonds. The molecule has 30 heavy (non-hydrogen) atoms. The lowest BCUT2D eigenvalue weighted by Gasteiger charge is -2.15. The minimum absolute atomic E-state index is 0.183. The van der Waals surface area contributed by atoms with E-state index in [1.165, 1.54) is 51.7 Å². The molecule has 1 aliphatic rings. The quantitative estimate of drug-likeness (QED) is 0.292. The first-order chi connectivity index (χ1) is 14.5. The van der Waals surface area contributed by atoms with E-state index in [4.69, 9.17) is 10.5 Å². The first-order valence-corrected chi connectivity index (χ1v) is 10.6. The average Bonchev–Trinajstić information content (AvgIpc) is 2.96. The number of nitrogens with zero attached hydrogens (tertiary/aromatic N) is 3. The van der Waals surface area contributed by atoms with Crippen molar-refractivity contribution in [3.8, 4) is 5.75 Å². The largest absolute Gasteiger partial charge is 0.494 e. The van der Waals surface area contributed by atoms with Gasteiger partial charge in [-0.3, -0.25) is 5.32 Å². The SMILES string of the molecule is COc1ccc(NC(=N/CNC2CCCCCC2)/N=C(\N)NCCN(C)C)cc1F. The summed E-state index contributed by atoms with van der Waals surface area (Å²) < 4.78 is 19.0. The summed E-state index contributed by atoms with van der Waals surface area (Å²) in [6, 6.07) is 5.08. The van der Waals surface area contributed by atoms with Crippen LogP contribution in [0.5, 0.6) is 5.75 Å². The summed E-state index contributed by atoms with van der Waals surface area (Å²) >= 11 is 0. The number of rotatable bonds is 8. The lowest BCUT2D eigenvalue weighted by atomic mass is 10.1. The molecule has 0 aliphatic heterocycles. The molecule has 2 rings (SSSR count). The van der Waals surface area contributed by atoms with E-state index in [9.17, 15) is 4.39 Å². The van der Waals surface area contributed by atoms with Gasteiger partial charge in [-0.15, -0.1) is 0 Å². The zero-order chi connectivity index (χ0) is 21.8. The number of nitrogens with two attached hydrogens (primary N) is 1. The summed E-state index contributed by atoms with van der Waals surface area (Å²) in [6.07, 6.45) is 7.43. The number of ether oxygens (including phenoxy) is 1. The van der Waals surface area contributed by atoms with Crippen molar-refractivity contribution in [1.82, 2.24) is 15.5 Å². The monoisotopic (exact) mass is 421 g/mol. The number of methoxy groups -OCH3 is 1. The van der Waals surface area contributed by atoms with Crippen molar-refractivity contribution >= 4 is 17.6 Å². The summed E-state index contributed by atoms with van der Waals surface area (Å²) in [7, 11) is 5.41. The summed E-state index contributed by atoms with van der Waals surface area (Å²) in [4.78, 5) is 10.9. The number of benzene rings is 1. The Hall–Kier alpha value is -2.39. The van der Waals surface area contributed by atoms with Gasteiger partial charge in [0.1, 0.15) is 0 Å². The number of guanidine groups is 2. The number of nitrogens with one attached hydrogen (secondary N) is 3. The van der Waals surface area contributed by atoms with Crippen molar-refractivity contribution < 1.29 is 9.13 Å². The molecule has 1 aromatic carbocycles. The molecule has 1 aliphatic carbocycles. The predicted molar refractivity (Wildman–Crippen MR) is 122 cm³/mol. The van der Waals surface area contributed by atoms with Gasteiger partial charge < -0.3 is 26.0 Å². The molecule has 0 atom stereocenters. The van der Waals surface area contributed by atoms with Crippen molar-refractivity contribution in [3.05, 3.63) is 24.0 Å². The highest BCUT2D eigenvalue weighted by molar-refractivity contribution is 6.01. The normalized spacial score (nSPS) is 16.4. The molecule has 9 heteroatoms. The molecule has 0 spiro atoms. The van der Waals surface area contributed by atoms with Crippen LogP contribution < -0.4 is 26.4 Å². The Labute approximate surface area is 179 Å². The van der Waals surface area contributed by atoms with E-state index in [-0.39, 0.29) is 11.7 Å². The fraction of sp³-hybridized carbons (Fsp3) is 0.619. The zero-order valence-electron chi connectivity index (χ0n) is 18.4. The third kappa shape index (κ3) is 8.96. The summed E-state index contributed by atoms with van der Waals surface area (Å²) in [5.74, 6) is 0.295. The molecular weight excluding hydrogens is 385 g/mol. The van der Waals surface area contributed by atoms with Crippen LogP contribution in [-0.4, -0.2) is 63.8 Å². The Balaban J connectivity index is 2.05. The minimum Gasteiger partial charge on any atom is -0.494 e. The molecule has 0 heterocycles. The molecule has 8 nitrogen and oxygen atoms in total. The maximum absolute atomic E-state index is 14.0. The average molecular weight is 422 g/mol. The van der Waals surface area contributed by atoms with Gasteiger partial charge in [-0.25, -0.2) is 9.38 Å². The van der Waals surface area contributed by atoms with E-state index in [0.29, 0.717) is 30.9 Å². The Bertz CT molecular complexity index is 701. The molecule has 1 saturated carbocycles. The van der Waals surface area contributed by atoms with Crippen molar-refractivity contribution in [2.24, 2.45) is 15.7 Å². The van der Waals surface area contributed by atoms with Crippen LogP contribution in [0, 0.1) is 5.82 Å². The first-order valence-electron chi connectivity index (χ1n) is 10.6. The van der Waals surface area contributed by atoms with Gasteiger partial charge in [0.25, 0.3) is 0 Å². The van der Waals surface area contributed by atoms with Gasteiger partial charge >= 0.3 is 0 Å². The van der Waals surface area contributed by atoms with Crippen molar-refractivity contribution in [3.63, 3.8) is 0 Å². The van der Waals surface area contributed by atoms with Crippen molar-refractivity contribution in [2.75, 3.05) is 46.3 Å². The van der Waals surface area contributed by atoms with E-state index in [1.807, 2.05) is 19.0 Å².